The number of nitrogens with zero attached hydrogens (tertiary/aromatic N) is 2. The second-order valence-electron chi connectivity index (χ2n) is 3.69. The quantitative estimate of drug-likeness (QED) is 0.815. The Hall–Kier alpha value is -0.480. The van der Waals surface area contributed by atoms with Crippen molar-refractivity contribution in [3.05, 3.63) is 18.2 Å². The third kappa shape index (κ3) is 3.03. The van der Waals surface area contributed by atoms with E-state index in [0.29, 0.717) is 11.3 Å². The Bertz CT molecular complexity index is 273. The second kappa shape index (κ2) is 5.41. The van der Waals surface area contributed by atoms with Gasteiger partial charge in [0.1, 0.15) is 0 Å². The van der Waals surface area contributed by atoms with Crippen LogP contribution in [-0.4, -0.2) is 26.5 Å². The zero-order valence-corrected chi connectivity index (χ0v) is 9.79. The molecule has 0 radical (unpaired) electrons. The molecule has 14 heavy (non-hydrogen) atoms. The van der Waals surface area contributed by atoms with E-state index in [1.54, 1.807) is 11.8 Å². The number of imidazole rings is 1. The van der Waals surface area contributed by atoms with Crippen molar-refractivity contribution >= 4 is 11.8 Å². The van der Waals surface area contributed by atoms with Crippen LogP contribution >= 0.6 is 11.8 Å². The normalized spacial score (nSPS) is 13.5. The minimum absolute atomic E-state index is 0.237. The van der Waals surface area contributed by atoms with E-state index in [0.717, 1.165) is 5.75 Å². The summed E-state index contributed by atoms with van der Waals surface area (Å²) in [5.74, 6) is 0.917. The van der Waals surface area contributed by atoms with Crippen molar-refractivity contribution in [1.82, 2.24) is 9.55 Å². The molecular weight excluding hydrogens is 196 g/mol. The summed E-state index contributed by atoms with van der Waals surface area (Å²) in [6.45, 7) is 6.55. The van der Waals surface area contributed by atoms with E-state index in [1.807, 2.05) is 19.4 Å². The van der Waals surface area contributed by atoms with Crippen LogP contribution in [0.2, 0.25) is 0 Å². The Morgan fingerprint density at radius 3 is 2.79 bits per heavy atom. The molecule has 1 unspecified atom stereocenters. The molecule has 0 aliphatic carbocycles. The lowest BCUT2D eigenvalue weighted by Gasteiger charge is -2.12. The van der Waals surface area contributed by atoms with Crippen LogP contribution in [-0.2, 0) is 5.75 Å². The molecule has 0 aromatic carbocycles. The fraction of sp³-hybridized carbons (Fsp3) is 0.700. The third-order valence-corrected chi connectivity index (χ3v) is 3.26. The Balaban J connectivity index is 2.54. The van der Waals surface area contributed by atoms with E-state index < -0.39 is 0 Å². The van der Waals surface area contributed by atoms with E-state index in [-0.39, 0.29) is 6.61 Å². The summed E-state index contributed by atoms with van der Waals surface area (Å²) < 4.78 is 2.16. The summed E-state index contributed by atoms with van der Waals surface area (Å²) in [4.78, 5) is 4.13. The van der Waals surface area contributed by atoms with Crippen LogP contribution in [0.4, 0.5) is 0 Å². The van der Waals surface area contributed by atoms with Gasteiger partial charge in [-0.25, -0.2) is 4.98 Å². The molecule has 0 amide bonds. The molecule has 0 aliphatic heterocycles. The van der Waals surface area contributed by atoms with Crippen LogP contribution < -0.4 is 0 Å². The molecule has 1 aromatic rings. The minimum atomic E-state index is 0.237. The maximum absolute atomic E-state index is 8.90. The number of hydrogen-bond donors (Lipinski definition) is 1. The van der Waals surface area contributed by atoms with Crippen molar-refractivity contribution in [2.75, 3.05) is 6.61 Å². The molecule has 0 saturated heterocycles. The van der Waals surface area contributed by atoms with E-state index in [1.165, 1.54) is 5.69 Å². The van der Waals surface area contributed by atoms with Crippen molar-refractivity contribution in [1.29, 1.82) is 0 Å². The van der Waals surface area contributed by atoms with Crippen molar-refractivity contribution in [2.45, 2.75) is 37.8 Å². The summed E-state index contributed by atoms with van der Waals surface area (Å²) in [6, 6.07) is 0.456. The lowest BCUT2D eigenvalue weighted by atomic mass is 10.4. The molecule has 3 nitrogen and oxygen atoms in total. The largest absolute Gasteiger partial charge is 0.395 e. The molecule has 0 saturated carbocycles. The molecule has 1 atom stereocenters. The predicted molar refractivity (Wildman–Crippen MR) is 60.5 cm³/mol. The molecule has 0 spiro atoms. The van der Waals surface area contributed by atoms with Crippen molar-refractivity contribution in [3.63, 3.8) is 0 Å². The van der Waals surface area contributed by atoms with E-state index in [4.69, 9.17) is 5.11 Å². The highest BCUT2D eigenvalue weighted by Crippen LogP contribution is 2.19. The van der Waals surface area contributed by atoms with Gasteiger partial charge in [0.15, 0.2) is 0 Å². The maximum atomic E-state index is 8.90. The van der Waals surface area contributed by atoms with Gasteiger partial charge in [0, 0.05) is 28.9 Å². The van der Waals surface area contributed by atoms with Crippen molar-refractivity contribution < 1.29 is 5.11 Å². The Kier molecular flexibility index (Phi) is 4.48. The lowest BCUT2D eigenvalue weighted by Crippen LogP contribution is -2.06. The first-order chi connectivity index (χ1) is 6.65. The predicted octanol–water partition coefficient (Wildman–Crippen LogP) is 2.08. The van der Waals surface area contributed by atoms with Gasteiger partial charge in [0.25, 0.3) is 0 Å². The Labute approximate surface area is 89.5 Å². The number of hydrogen-bond acceptors (Lipinski definition) is 3. The molecule has 1 N–H and O–H groups in total. The summed E-state index contributed by atoms with van der Waals surface area (Å²) in [7, 11) is 0. The van der Waals surface area contributed by atoms with Gasteiger partial charge in [0.2, 0.25) is 0 Å². The first-order valence-corrected chi connectivity index (χ1v) is 5.93. The average Bonchev–Trinajstić information content (AvgIpc) is 2.62. The van der Waals surface area contributed by atoms with Gasteiger partial charge in [-0.1, -0.05) is 6.92 Å². The van der Waals surface area contributed by atoms with E-state index >= 15 is 0 Å². The molecule has 1 rings (SSSR count). The van der Waals surface area contributed by atoms with Crippen LogP contribution in [0.1, 0.15) is 32.5 Å². The van der Waals surface area contributed by atoms with Gasteiger partial charge in [-0.05, 0) is 13.8 Å². The fourth-order valence-electron chi connectivity index (χ4n) is 1.19. The highest BCUT2D eigenvalue weighted by Gasteiger charge is 2.07. The summed E-state index contributed by atoms with van der Waals surface area (Å²) in [5.41, 5.74) is 1.23. The van der Waals surface area contributed by atoms with Gasteiger partial charge in [-0.3, -0.25) is 0 Å². The number of aliphatic hydroxyl groups excluding tert-OH is 1. The van der Waals surface area contributed by atoms with Crippen LogP contribution in [0.5, 0.6) is 0 Å². The van der Waals surface area contributed by atoms with Gasteiger partial charge in [-0.2, -0.15) is 11.8 Å². The van der Waals surface area contributed by atoms with Gasteiger partial charge < -0.3 is 9.67 Å². The molecule has 0 fully saturated rings. The Morgan fingerprint density at radius 1 is 1.50 bits per heavy atom. The van der Waals surface area contributed by atoms with Crippen molar-refractivity contribution in [3.8, 4) is 0 Å². The molecule has 1 aromatic heterocycles. The fourth-order valence-corrected chi connectivity index (χ4v) is 1.97. The molecule has 80 valence electrons. The number of aliphatic hydroxyl groups is 1. The maximum Gasteiger partial charge on any atom is 0.0950 e. The standard InChI is InChI=1S/C10H18N2OS/c1-8(2)12-7-11-4-10(12)6-14-9(3)5-13/h4,7-9,13H,5-6H2,1-3H3. The molecule has 1 heterocycles. The molecular formula is C10H18N2OS. The number of thioether (sulfide) groups is 1. The van der Waals surface area contributed by atoms with Crippen molar-refractivity contribution in [2.24, 2.45) is 0 Å². The summed E-state index contributed by atoms with van der Waals surface area (Å²) >= 11 is 1.75. The minimum Gasteiger partial charge on any atom is -0.395 e. The number of rotatable bonds is 5. The van der Waals surface area contributed by atoms with E-state index in [2.05, 4.69) is 23.4 Å². The highest BCUT2D eigenvalue weighted by atomic mass is 32.2. The van der Waals surface area contributed by atoms with Crippen LogP contribution in [0.25, 0.3) is 0 Å². The zero-order valence-electron chi connectivity index (χ0n) is 8.97. The first kappa shape index (κ1) is 11.6. The SMILES string of the molecule is CC(CO)SCc1cncn1C(C)C. The Morgan fingerprint density at radius 2 is 2.21 bits per heavy atom. The molecule has 4 heteroatoms. The third-order valence-electron chi connectivity index (χ3n) is 2.08. The van der Waals surface area contributed by atoms with Crippen LogP contribution in [0.3, 0.4) is 0 Å². The van der Waals surface area contributed by atoms with Gasteiger partial charge in [-0.15, -0.1) is 0 Å². The molecule has 0 bridgehead atoms. The zero-order chi connectivity index (χ0) is 10.6. The molecule has 0 aliphatic rings. The summed E-state index contributed by atoms with van der Waals surface area (Å²) in [6.07, 6.45) is 3.77. The highest BCUT2D eigenvalue weighted by molar-refractivity contribution is 7.99. The number of aromatic nitrogens is 2. The first-order valence-electron chi connectivity index (χ1n) is 4.88. The van der Waals surface area contributed by atoms with Crippen LogP contribution in [0, 0.1) is 0 Å². The average molecular weight is 214 g/mol. The van der Waals surface area contributed by atoms with Crippen LogP contribution in [0.15, 0.2) is 12.5 Å². The monoisotopic (exact) mass is 214 g/mol. The lowest BCUT2D eigenvalue weighted by molar-refractivity contribution is 0.300. The van der Waals surface area contributed by atoms with Gasteiger partial charge >= 0.3 is 0 Å². The summed E-state index contributed by atoms with van der Waals surface area (Å²) in [5, 5.41) is 9.20. The van der Waals surface area contributed by atoms with Gasteiger partial charge in [0.05, 0.1) is 12.9 Å². The van der Waals surface area contributed by atoms with E-state index in [9.17, 15) is 0 Å². The topological polar surface area (TPSA) is 38.1 Å². The second-order valence-corrected chi connectivity index (χ2v) is 5.12. The smallest absolute Gasteiger partial charge is 0.0950 e.